The van der Waals surface area contributed by atoms with Gasteiger partial charge in [-0.25, -0.2) is 13.8 Å². The van der Waals surface area contributed by atoms with Crippen LogP contribution in [0.4, 0.5) is 14.7 Å². The van der Waals surface area contributed by atoms with E-state index in [-0.39, 0.29) is 5.95 Å². The van der Waals surface area contributed by atoms with Gasteiger partial charge >= 0.3 is 0 Å². The standard InChI is InChI=1S/C12H8F2N4/c13-8-2-1-7(5-9(8)14)18-11-3-4-16-6-10(11)17-12(18)15/h1-6H,(H2,15,17). The molecular weight excluding hydrogens is 238 g/mol. The number of aromatic nitrogens is 3. The average Bonchev–Trinajstić information content (AvgIpc) is 2.69. The molecule has 0 radical (unpaired) electrons. The second-order valence-corrected chi connectivity index (χ2v) is 3.77. The molecule has 0 aliphatic rings. The lowest BCUT2D eigenvalue weighted by Gasteiger charge is -2.06. The van der Waals surface area contributed by atoms with E-state index in [0.29, 0.717) is 16.7 Å². The predicted octanol–water partition coefficient (Wildman–Crippen LogP) is 2.28. The second-order valence-electron chi connectivity index (χ2n) is 3.77. The Morgan fingerprint density at radius 3 is 2.72 bits per heavy atom. The highest BCUT2D eigenvalue weighted by molar-refractivity contribution is 5.79. The summed E-state index contributed by atoms with van der Waals surface area (Å²) in [6.07, 6.45) is 3.14. The summed E-state index contributed by atoms with van der Waals surface area (Å²) in [6, 6.07) is 5.28. The van der Waals surface area contributed by atoms with E-state index in [2.05, 4.69) is 9.97 Å². The molecule has 2 heterocycles. The van der Waals surface area contributed by atoms with Gasteiger partial charge in [-0.3, -0.25) is 9.55 Å². The van der Waals surface area contributed by atoms with Gasteiger partial charge in [0.1, 0.15) is 5.52 Å². The van der Waals surface area contributed by atoms with Gasteiger partial charge in [0.25, 0.3) is 0 Å². The van der Waals surface area contributed by atoms with Crippen LogP contribution in [0.3, 0.4) is 0 Å². The van der Waals surface area contributed by atoms with Gasteiger partial charge in [-0.1, -0.05) is 0 Å². The number of hydrogen-bond acceptors (Lipinski definition) is 3. The number of rotatable bonds is 1. The third-order valence-corrected chi connectivity index (χ3v) is 2.64. The van der Waals surface area contributed by atoms with Crippen LogP contribution in [0.15, 0.2) is 36.7 Å². The lowest BCUT2D eigenvalue weighted by Crippen LogP contribution is -2.01. The van der Waals surface area contributed by atoms with Crippen LogP contribution >= 0.6 is 0 Å². The molecule has 0 aliphatic carbocycles. The maximum absolute atomic E-state index is 13.2. The summed E-state index contributed by atoms with van der Waals surface area (Å²) in [6.45, 7) is 0. The number of anilines is 1. The predicted molar refractivity (Wildman–Crippen MR) is 63.2 cm³/mol. The van der Waals surface area contributed by atoms with Gasteiger partial charge in [0.05, 0.1) is 17.4 Å². The molecule has 3 aromatic rings. The first-order valence-electron chi connectivity index (χ1n) is 5.20. The summed E-state index contributed by atoms with van der Waals surface area (Å²) in [5, 5.41) is 0. The molecule has 0 bridgehead atoms. The van der Waals surface area contributed by atoms with Crippen molar-refractivity contribution in [1.29, 1.82) is 0 Å². The molecule has 2 aromatic heterocycles. The van der Waals surface area contributed by atoms with E-state index in [1.807, 2.05) is 0 Å². The molecular formula is C12H8F2N4. The molecule has 3 rings (SSSR count). The van der Waals surface area contributed by atoms with E-state index >= 15 is 0 Å². The maximum Gasteiger partial charge on any atom is 0.205 e. The van der Waals surface area contributed by atoms with Gasteiger partial charge in [0.2, 0.25) is 5.95 Å². The van der Waals surface area contributed by atoms with Crippen LogP contribution in [-0.4, -0.2) is 14.5 Å². The zero-order valence-electron chi connectivity index (χ0n) is 9.14. The summed E-state index contributed by atoms with van der Waals surface area (Å²) in [7, 11) is 0. The SMILES string of the molecule is Nc1nc2cnccc2n1-c1ccc(F)c(F)c1. The largest absolute Gasteiger partial charge is 0.369 e. The number of imidazole rings is 1. The number of fused-ring (bicyclic) bond motifs is 1. The monoisotopic (exact) mass is 246 g/mol. The lowest BCUT2D eigenvalue weighted by molar-refractivity contribution is 0.508. The Labute approximate surface area is 101 Å². The molecule has 90 valence electrons. The fraction of sp³-hybridized carbons (Fsp3) is 0. The van der Waals surface area contributed by atoms with Gasteiger partial charge in [-0.15, -0.1) is 0 Å². The van der Waals surface area contributed by atoms with Crippen molar-refractivity contribution in [2.45, 2.75) is 0 Å². The average molecular weight is 246 g/mol. The van der Waals surface area contributed by atoms with Crippen molar-refractivity contribution < 1.29 is 8.78 Å². The molecule has 0 atom stereocenters. The molecule has 0 spiro atoms. The number of pyridine rings is 1. The highest BCUT2D eigenvalue weighted by Crippen LogP contribution is 2.23. The Balaban J connectivity index is 2.30. The van der Waals surface area contributed by atoms with Crippen LogP contribution < -0.4 is 5.73 Å². The fourth-order valence-electron chi connectivity index (χ4n) is 1.85. The van der Waals surface area contributed by atoms with Crippen LogP contribution in [0.25, 0.3) is 16.7 Å². The molecule has 0 saturated heterocycles. The fourth-order valence-corrected chi connectivity index (χ4v) is 1.85. The van der Waals surface area contributed by atoms with E-state index < -0.39 is 11.6 Å². The quantitative estimate of drug-likeness (QED) is 0.716. The number of nitrogen functional groups attached to an aromatic ring is 1. The van der Waals surface area contributed by atoms with E-state index in [4.69, 9.17) is 5.73 Å². The molecule has 2 N–H and O–H groups in total. The molecule has 0 fully saturated rings. The van der Waals surface area contributed by atoms with E-state index in [9.17, 15) is 8.78 Å². The zero-order chi connectivity index (χ0) is 12.7. The summed E-state index contributed by atoms with van der Waals surface area (Å²) in [5.41, 5.74) is 7.48. The second kappa shape index (κ2) is 3.76. The van der Waals surface area contributed by atoms with E-state index in [1.54, 1.807) is 23.0 Å². The normalized spacial score (nSPS) is 11.0. The van der Waals surface area contributed by atoms with Gasteiger partial charge < -0.3 is 5.73 Å². The van der Waals surface area contributed by atoms with Crippen LogP contribution in [-0.2, 0) is 0 Å². The number of halogens is 2. The van der Waals surface area contributed by atoms with Crippen molar-refractivity contribution in [3.8, 4) is 5.69 Å². The van der Waals surface area contributed by atoms with Gasteiger partial charge in [-0.05, 0) is 18.2 Å². The maximum atomic E-state index is 13.2. The van der Waals surface area contributed by atoms with Gasteiger partial charge in [0, 0.05) is 12.3 Å². The Morgan fingerprint density at radius 1 is 1.11 bits per heavy atom. The summed E-state index contributed by atoms with van der Waals surface area (Å²) in [4.78, 5) is 8.03. The number of nitrogens with two attached hydrogens (primary N) is 1. The number of nitrogens with zero attached hydrogens (tertiary/aromatic N) is 3. The lowest BCUT2D eigenvalue weighted by atomic mass is 10.3. The summed E-state index contributed by atoms with van der Waals surface area (Å²) >= 11 is 0. The third kappa shape index (κ3) is 1.50. The Hall–Kier alpha value is -2.50. The van der Waals surface area contributed by atoms with Crippen molar-refractivity contribution in [3.63, 3.8) is 0 Å². The number of benzene rings is 1. The molecule has 4 nitrogen and oxygen atoms in total. The molecule has 6 heteroatoms. The minimum absolute atomic E-state index is 0.198. The van der Waals surface area contributed by atoms with Crippen molar-refractivity contribution in [2.75, 3.05) is 5.73 Å². The molecule has 0 unspecified atom stereocenters. The Kier molecular flexibility index (Phi) is 2.22. The van der Waals surface area contributed by atoms with Crippen molar-refractivity contribution in [3.05, 3.63) is 48.3 Å². The third-order valence-electron chi connectivity index (χ3n) is 2.64. The Bertz CT molecular complexity index is 736. The van der Waals surface area contributed by atoms with Crippen molar-refractivity contribution in [1.82, 2.24) is 14.5 Å². The van der Waals surface area contributed by atoms with Gasteiger partial charge in [0.15, 0.2) is 11.6 Å². The first kappa shape index (κ1) is 10.6. The zero-order valence-corrected chi connectivity index (χ0v) is 9.14. The molecule has 1 aromatic carbocycles. The summed E-state index contributed by atoms with van der Waals surface area (Å²) < 4.78 is 27.7. The first-order valence-corrected chi connectivity index (χ1v) is 5.20. The molecule has 0 saturated carbocycles. The molecule has 18 heavy (non-hydrogen) atoms. The Morgan fingerprint density at radius 2 is 1.94 bits per heavy atom. The minimum Gasteiger partial charge on any atom is -0.369 e. The van der Waals surface area contributed by atoms with Crippen molar-refractivity contribution in [2.24, 2.45) is 0 Å². The van der Waals surface area contributed by atoms with E-state index in [1.165, 1.54) is 6.07 Å². The van der Waals surface area contributed by atoms with Crippen LogP contribution in [0.5, 0.6) is 0 Å². The highest BCUT2D eigenvalue weighted by atomic mass is 19.2. The first-order chi connectivity index (χ1) is 8.66. The smallest absolute Gasteiger partial charge is 0.205 e. The minimum atomic E-state index is -0.928. The molecule has 0 aliphatic heterocycles. The van der Waals surface area contributed by atoms with Crippen LogP contribution in [0.1, 0.15) is 0 Å². The van der Waals surface area contributed by atoms with Crippen molar-refractivity contribution >= 4 is 17.0 Å². The topological polar surface area (TPSA) is 56.7 Å². The van der Waals surface area contributed by atoms with Crippen LogP contribution in [0, 0.1) is 11.6 Å². The molecule has 0 amide bonds. The van der Waals surface area contributed by atoms with Crippen LogP contribution in [0.2, 0.25) is 0 Å². The highest BCUT2D eigenvalue weighted by Gasteiger charge is 2.11. The number of hydrogen-bond donors (Lipinski definition) is 1. The van der Waals surface area contributed by atoms with E-state index in [0.717, 1.165) is 12.1 Å². The summed E-state index contributed by atoms with van der Waals surface area (Å²) in [5.74, 6) is -1.63. The van der Waals surface area contributed by atoms with Gasteiger partial charge in [-0.2, -0.15) is 0 Å².